The first-order chi connectivity index (χ1) is 9.58. The predicted molar refractivity (Wildman–Crippen MR) is 76.0 cm³/mol. The molecule has 6 nitrogen and oxygen atoms in total. The fraction of sp³-hybridized carbons (Fsp3) is 0.231. The average Bonchev–Trinajstić information content (AvgIpc) is 2.91. The molecule has 1 aromatic carbocycles. The molecule has 1 aromatic heterocycles. The molecule has 1 N–H and O–H groups in total. The zero-order valence-corrected chi connectivity index (χ0v) is 11.6. The number of nitro benzene ring substituents is 1. The van der Waals surface area contributed by atoms with Crippen LogP contribution in [0.25, 0.3) is 0 Å². The van der Waals surface area contributed by atoms with Gasteiger partial charge >= 0.3 is 0 Å². The summed E-state index contributed by atoms with van der Waals surface area (Å²) < 4.78 is 0. The topological polar surface area (TPSA) is 85.1 Å². The van der Waals surface area contributed by atoms with Gasteiger partial charge in [-0.05, 0) is 18.6 Å². The number of carbonyl (C=O) groups is 1. The summed E-state index contributed by atoms with van der Waals surface area (Å²) in [6.45, 7) is 2.17. The predicted octanol–water partition coefficient (Wildman–Crippen LogP) is 2.33. The molecule has 1 amide bonds. The zero-order chi connectivity index (χ0) is 14.5. The number of thiazole rings is 1. The molecule has 7 heteroatoms. The first-order valence-electron chi connectivity index (χ1n) is 5.98. The van der Waals surface area contributed by atoms with E-state index in [0.717, 1.165) is 5.69 Å². The van der Waals surface area contributed by atoms with E-state index in [9.17, 15) is 14.9 Å². The van der Waals surface area contributed by atoms with E-state index in [4.69, 9.17) is 0 Å². The van der Waals surface area contributed by atoms with Crippen LogP contribution < -0.4 is 5.32 Å². The molecule has 0 aliphatic carbocycles. The van der Waals surface area contributed by atoms with Gasteiger partial charge in [0.25, 0.3) is 11.6 Å². The zero-order valence-electron chi connectivity index (χ0n) is 10.8. The molecule has 0 atom stereocenters. The van der Waals surface area contributed by atoms with Crippen molar-refractivity contribution in [1.82, 2.24) is 10.3 Å². The minimum absolute atomic E-state index is 0.0125. The SMILES string of the molecule is Cc1cc([N+](=O)[O-])ccc1C(=O)NCCc1cscn1. The average molecular weight is 291 g/mol. The second-order valence-corrected chi connectivity index (χ2v) is 4.96. The maximum Gasteiger partial charge on any atom is 0.269 e. The van der Waals surface area contributed by atoms with Crippen LogP contribution in [0.15, 0.2) is 29.1 Å². The van der Waals surface area contributed by atoms with Crippen LogP contribution in [0.2, 0.25) is 0 Å². The Kier molecular flexibility index (Phi) is 4.41. The molecular weight excluding hydrogens is 278 g/mol. The molecular formula is C13H13N3O3S. The maximum atomic E-state index is 12.0. The fourth-order valence-electron chi connectivity index (χ4n) is 1.78. The molecule has 0 fully saturated rings. The van der Waals surface area contributed by atoms with Crippen LogP contribution >= 0.6 is 11.3 Å². The van der Waals surface area contributed by atoms with Gasteiger partial charge in [-0.15, -0.1) is 11.3 Å². The van der Waals surface area contributed by atoms with Crippen molar-refractivity contribution in [2.45, 2.75) is 13.3 Å². The minimum Gasteiger partial charge on any atom is -0.352 e. The second kappa shape index (κ2) is 6.25. The van der Waals surface area contributed by atoms with Gasteiger partial charge in [0, 0.05) is 36.0 Å². The molecule has 104 valence electrons. The van der Waals surface area contributed by atoms with Crippen LogP contribution in [-0.4, -0.2) is 22.4 Å². The van der Waals surface area contributed by atoms with Crippen molar-refractivity contribution in [3.63, 3.8) is 0 Å². The van der Waals surface area contributed by atoms with E-state index in [1.165, 1.54) is 29.5 Å². The van der Waals surface area contributed by atoms with Crippen LogP contribution in [0, 0.1) is 17.0 Å². The number of benzene rings is 1. The van der Waals surface area contributed by atoms with Gasteiger partial charge in [-0.25, -0.2) is 4.98 Å². The Balaban J connectivity index is 1.97. The molecule has 0 saturated heterocycles. The van der Waals surface area contributed by atoms with Crippen molar-refractivity contribution < 1.29 is 9.72 Å². The molecule has 0 bridgehead atoms. The van der Waals surface area contributed by atoms with E-state index in [0.29, 0.717) is 24.1 Å². The van der Waals surface area contributed by atoms with Gasteiger partial charge in [0.05, 0.1) is 16.1 Å². The van der Waals surface area contributed by atoms with Crippen molar-refractivity contribution in [2.24, 2.45) is 0 Å². The summed E-state index contributed by atoms with van der Waals surface area (Å²) >= 11 is 1.51. The Hall–Kier alpha value is -2.28. The van der Waals surface area contributed by atoms with Gasteiger partial charge in [0.2, 0.25) is 0 Å². The Morgan fingerprint density at radius 2 is 2.30 bits per heavy atom. The summed E-state index contributed by atoms with van der Waals surface area (Å²) in [6, 6.07) is 4.21. The quantitative estimate of drug-likeness (QED) is 0.676. The molecule has 0 unspecified atom stereocenters. The van der Waals surface area contributed by atoms with Crippen molar-refractivity contribution in [3.8, 4) is 0 Å². The molecule has 1 heterocycles. The molecule has 2 aromatic rings. The number of nitrogens with zero attached hydrogens (tertiary/aromatic N) is 2. The van der Waals surface area contributed by atoms with Crippen molar-refractivity contribution in [1.29, 1.82) is 0 Å². The number of hydrogen-bond donors (Lipinski definition) is 1. The third kappa shape index (κ3) is 3.39. The largest absolute Gasteiger partial charge is 0.352 e. The highest BCUT2D eigenvalue weighted by atomic mass is 32.1. The molecule has 0 aliphatic heterocycles. The number of nitrogens with one attached hydrogen (secondary N) is 1. The number of aromatic nitrogens is 1. The van der Waals surface area contributed by atoms with Crippen LogP contribution in [0.1, 0.15) is 21.6 Å². The van der Waals surface area contributed by atoms with Crippen LogP contribution in [0.5, 0.6) is 0 Å². The standard InChI is InChI=1S/C13H13N3O3S/c1-9-6-11(16(18)19)2-3-12(9)13(17)14-5-4-10-7-20-8-15-10/h2-3,6-8H,4-5H2,1H3,(H,14,17). The maximum absolute atomic E-state index is 12.0. The lowest BCUT2D eigenvalue weighted by atomic mass is 10.1. The van der Waals surface area contributed by atoms with Crippen LogP contribution in [-0.2, 0) is 6.42 Å². The number of hydrogen-bond acceptors (Lipinski definition) is 5. The lowest BCUT2D eigenvalue weighted by molar-refractivity contribution is -0.384. The van der Waals surface area contributed by atoms with E-state index in [2.05, 4.69) is 10.3 Å². The van der Waals surface area contributed by atoms with Gasteiger partial charge in [-0.2, -0.15) is 0 Å². The number of aryl methyl sites for hydroxylation is 1. The summed E-state index contributed by atoms with van der Waals surface area (Å²) in [7, 11) is 0. The first-order valence-corrected chi connectivity index (χ1v) is 6.92. The molecule has 20 heavy (non-hydrogen) atoms. The number of non-ortho nitro benzene ring substituents is 1. The monoisotopic (exact) mass is 291 g/mol. The first kappa shape index (κ1) is 14.1. The van der Waals surface area contributed by atoms with Crippen LogP contribution in [0.3, 0.4) is 0 Å². The van der Waals surface area contributed by atoms with Gasteiger partial charge in [0.15, 0.2) is 0 Å². The van der Waals surface area contributed by atoms with E-state index < -0.39 is 4.92 Å². The Labute approximate surface area is 119 Å². The third-order valence-electron chi connectivity index (χ3n) is 2.82. The van der Waals surface area contributed by atoms with Gasteiger partial charge < -0.3 is 5.32 Å². The van der Waals surface area contributed by atoms with Crippen molar-refractivity contribution in [3.05, 3.63) is 56.0 Å². The molecule has 2 rings (SSSR count). The smallest absolute Gasteiger partial charge is 0.269 e. The second-order valence-electron chi connectivity index (χ2n) is 4.24. The highest BCUT2D eigenvalue weighted by Crippen LogP contribution is 2.17. The number of rotatable bonds is 5. The summed E-state index contributed by atoms with van der Waals surface area (Å²) in [5.41, 5.74) is 3.72. The van der Waals surface area contributed by atoms with Crippen molar-refractivity contribution in [2.75, 3.05) is 6.54 Å². The minimum atomic E-state index is -0.475. The summed E-state index contributed by atoms with van der Waals surface area (Å²) in [5, 5.41) is 15.4. The number of amides is 1. The Morgan fingerprint density at radius 3 is 2.90 bits per heavy atom. The highest BCUT2D eigenvalue weighted by Gasteiger charge is 2.13. The molecule has 0 saturated carbocycles. The van der Waals surface area contributed by atoms with E-state index in [-0.39, 0.29) is 11.6 Å². The summed E-state index contributed by atoms with van der Waals surface area (Å²) in [5.74, 6) is -0.229. The van der Waals surface area contributed by atoms with Gasteiger partial charge in [-0.1, -0.05) is 0 Å². The summed E-state index contributed by atoms with van der Waals surface area (Å²) in [6.07, 6.45) is 0.668. The lowest BCUT2D eigenvalue weighted by Gasteiger charge is -2.06. The summed E-state index contributed by atoms with van der Waals surface area (Å²) in [4.78, 5) is 26.3. The van der Waals surface area contributed by atoms with Crippen molar-refractivity contribution >= 4 is 22.9 Å². The number of carbonyl (C=O) groups excluding carboxylic acids is 1. The van der Waals surface area contributed by atoms with Crippen LogP contribution in [0.4, 0.5) is 5.69 Å². The Morgan fingerprint density at radius 1 is 1.50 bits per heavy atom. The van der Waals surface area contributed by atoms with Gasteiger partial charge in [0.1, 0.15) is 0 Å². The highest BCUT2D eigenvalue weighted by molar-refractivity contribution is 7.07. The van der Waals surface area contributed by atoms with Gasteiger partial charge in [-0.3, -0.25) is 14.9 Å². The molecule has 0 aliphatic rings. The lowest BCUT2D eigenvalue weighted by Crippen LogP contribution is -2.26. The molecule has 0 spiro atoms. The molecule has 0 radical (unpaired) electrons. The normalized spacial score (nSPS) is 10.2. The van der Waals surface area contributed by atoms with E-state index >= 15 is 0 Å². The van der Waals surface area contributed by atoms with E-state index in [1.54, 1.807) is 12.4 Å². The third-order valence-corrected chi connectivity index (χ3v) is 3.45. The fourth-order valence-corrected chi connectivity index (χ4v) is 2.37. The Bertz CT molecular complexity index is 626. The van der Waals surface area contributed by atoms with E-state index in [1.807, 2.05) is 5.38 Å². The number of nitro groups is 1.